The van der Waals surface area contributed by atoms with Crippen LogP contribution in [-0.2, 0) is 10.0 Å². The Balaban J connectivity index is 2.39. The summed E-state index contributed by atoms with van der Waals surface area (Å²) in [4.78, 5) is 10.8. The number of sulfonamides is 1. The van der Waals surface area contributed by atoms with Gasteiger partial charge in [-0.25, -0.2) is 12.8 Å². The van der Waals surface area contributed by atoms with Gasteiger partial charge in [0.25, 0.3) is 10.0 Å². The SMILES string of the molecule is NC(=O)c1ccc(F)c(NS(=O)(=O)c2cn[nH]c2)c1. The Hall–Kier alpha value is -2.42. The molecule has 100 valence electrons. The van der Waals surface area contributed by atoms with Crippen LogP contribution in [0.1, 0.15) is 10.4 Å². The third-order valence-corrected chi connectivity index (χ3v) is 3.61. The van der Waals surface area contributed by atoms with E-state index in [9.17, 15) is 17.6 Å². The minimum absolute atomic E-state index is 0.00806. The number of rotatable bonds is 4. The van der Waals surface area contributed by atoms with Crippen LogP contribution >= 0.6 is 0 Å². The third-order valence-electron chi connectivity index (χ3n) is 2.28. The van der Waals surface area contributed by atoms with Crippen LogP contribution in [-0.4, -0.2) is 24.5 Å². The van der Waals surface area contributed by atoms with Gasteiger partial charge in [-0.05, 0) is 18.2 Å². The number of anilines is 1. The maximum atomic E-state index is 13.5. The second-order valence-corrected chi connectivity index (χ2v) is 5.28. The summed E-state index contributed by atoms with van der Waals surface area (Å²) in [6.07, 6.45) is 2.20. The van der Waals surface area contributed by atoms with Crippen molar-refractivity contribution >= 4 is 21.6 Å². The summed E-state index contributed by atoms with van der Waals surface area (Å²) >= 11 is 0. The van der Waals surface area contributed by atoms with Crippen LogP contribution in [0.3, 0.4) is 0 Å². The number of H-pyrrole nitrogens is 1. The maximum Gasteiger partial charge on any atom is 0.265 e. The number of benzene rings is 1. The molecule has 1 heterocycles. The monoisotopic (exact) mass is 284 g/mol. The van der Waals surface area contributed by atoms with Crippen LogP contribution in [0, 0.1) is 5.82 Å². The molecule has 0 radical (unpaired) electrons. The second-order valence-electron chi connectivity index (χ2n) is 3.60. The van der Waals surface area contributed by atoms with Gasteiger partial charge in [0.1, 0.15) is 10.7 Å². The largest absolute Gasteiger partial charge is 0.366 e. The molecule has 0 aliphatic rings. The van der Waals surface area contributed by atoms with E-state index in [1.54, 1.807) is 0 Å². The number of primary amides is 1. The zero-order valence-corrected chi connectivity index (χ0v) is 10.2. The number of halogens is 1. The average molecular weight is 284 g/mol. The first kappa shape index (κ1) is 13.0. The van der Waals surface area contributed by atoms with E-state index in [4.69, 9.17) is 5.73 Å². The number of aromatic amines is 1. The highest BCUT2D eigenvalue weighted by Crippen LogP contribution is 2.20. The number of nitrogens with two attached hydrogens (primary N) is 1. The molecule has 0 aliphatic heterocycles. The number of carbonyl (C=O) groups is 1. The molecule has 1 aromatic heterocycles. The quantitative estimate of drug-likeness (QED) is 0.755. The van der Waals surface area contributed by atoms with Crippen molar-refractivity contribution < 1.29 is 17.6 Å². The predicted octanol–water partition coefficient (Wildman–Crippen LogP) is 0.448. The Morgan fingerprint density at radius 3 is 2.74 bits per heavy atom. The molecule has 0 bridgehead atoms. The van der Waals surface area contributed by atoms with E-state index in [2.05, 4.69) is 10.2 Å². The van der Waals surface area contributed by atoms with Crippen molar-refractivity contribution in [2.75, 3.05) is 4.72 Å². The van der Waals surface area contributed by atoms with Gasteiger partial charge in [-0.1, -0.05) is 0 Å². The van der Waals surface area contributed by atoms with Crippen molar-refractivity contribution in [3.8, 4) is 0 Å². The number of aromatic nitrogens is 2. The van der Waals surface area contributed by atoms with E-state index in [1.165, 1.54) is 0 Å². The average Bonchev–Trinajstić information content (AvgIpc) is 2.85. The first-order valence-electron chi connectivity index (χ1n) is 5.01. The van der Waals surface area contributed by atoms with Crippen molar-refractivity contribution in [3.63, 3.8) is 0 Å². The molecular formula is C10H9FN4O3S. The molecule has 0 spiro atoms. The lowest BCUT2D eigenvalue weighted by Gasteiger charge is -2.08. The Kier molecular flexibility index (Phi) is 3.21. The van der Waals surface area contributed by atoms with Gasteiger partial charge in [0, 0.05) is 11.8 Å². The molecule has 19 heavy (non-hydrogen) atoms. The van der Waals surface area contributed by atoms with Gasteiger partial charge in [0.2, 0.25) is 5.91 Å². The van der Waals surface area contributed by atoms with Gasteiger partial charge in [0.05, 0.1) is 11.9 Å². The first-order chi connectivity index (χ1) is 8.90. The topological polar surface area (TPSA) is 118 Å². The molecule has 0 unspecified atom stereocenters. The number of nitrogens with one attached hydrogen (secondary N) is 2. The minimum Gasteiger partial charge on any atom is -0.366 e. The molecular weight excluding hydrogens is 275 g/mol. The Bertz CT molecular complexity index is 712. The Morgan fingerprint density at radius 1 is 1.42 bits per heavy atom. The normalized spacial score (nSPS) is 11.2. The standard InChI is InChI=1S/C10H9FN4O3S/c11-8-2-1-6(10(12)16)3-9(8)15-19(17,18)7-4-13-14-5-7/h1-5,15H,(H2,12,16)(H,13,14). The summed E-state index contributed by atoms with van der Waals surface area (Å²) in [5.74, 6) is -1.61. The zero-order valence-electron chi connectivity index (χ0n) is 9.42. The van der Waals surface area contributed by atoms with Gasteiger partial charge in [-0.2, -0.15) is 5.10 Å². The van der Waals surface area contributed by atoms with Gasteiger partial charge in [0.15, 0.2) is 0 Å². The first-order valence-corrected chi connectivity index (χ1v) is 6.49. The van der Waals surface area contributed by atoms with Crippen LogP contribution < -0.4 is 10.5 Å². The molecule has 1 amide bonds. The van der Waals surface area contributed by atoms with E-state index in [0.717, 1.165) is 30.6 Å². The molecule has 4 N–H and O–H groups in total. The van der Waals surface area contributed by atoms with Crippen LogP contribution in [0.2, 0.25) is 0 Å². The smallest absolute Gasteiger partial charge is 0.265 e. The second kappa shape index (κ2) is 4.69. The van der Waals surface area contributed by atoms with Crippen molar-refractivity contribution in [1.29, 1.82) is 0 Å². The van der Waals surface area contributed by atoms with Gasteiger partial charge < -0.3 is 5.73 Å². The van der Waals surface area contributed by atoms with E-state index in [0.29, 0.717) is 0 Å². The highest BCUT2D eigenvalue weighted by molar-refractivity contribution is 7.92. The summed E-state index contributed by atoms with van der Waals surface area (Å²) < 4.78 is 39.2. The molecule has 0 fully saturated rings. The van der Waals surface area contributed by atoms with E-state index < -0.39 is 21.7 Å². The van der Waals surface area contributed by atoms with Crippen molar-refractivity contribution in [1.82, 2.24) is 10.2 Å². The molecule has 0 saturated carbocycles. The maximum absolute atomic E-state index is 13.5. The van der Waals surface area contributed by atoms with Gasteiger partial charge in [-0.15, -0.1) is 0 Å². The summed E-state index contributed by atoms with van der Waals surface area (Å²) in [6, 6.07) is 3.13. The van der Waals surface area contributed by atoms with Crippen molar-refractivity contribution in [2.24, 2.45) is 5.73 Å². The molecule has 2 aromatic rings. The van der Waals surface area contributed by atoms with Crippen LogP contribution in [0.5, 0.6) is 0 Å². The number of carbonyl (C=O) groups excluding carboxylic acids is 1. The molecule has 0 aliphatic carbocycles. The lowest BCUT2D eigenvalue weighted by atomic mass is 10.2. The molecule has 0 atom stereocenters. The number of hydrogen-bond donors (Lipinski definition) is 3. The Labute approximate surface area is 107 Å². The lowest BCUT2D eigenvalue weighted by Crippen LogP contribution is -2.15. The van der Waals surface area contributed by atoms with Crippen LogP contribution in [0.25, 0.3) is 0 Å². The number of amides is 1. The van der Waals surface area contributed by atoms with Crippen molar-refractivity contribution in [3.05, 3.63) is 42.0 Å². The predicted molar refractivity (Wildman–Crippen MR) is 64.3 cm³/mol. The molecule has 2 rings (SSSR count). The third kappa shape index (κ3) is 2.71. The summed E-state index contributed by atoms with van der Waals surface area (Å²) in [5.41, 5.74) is 4.67. The molecule has 9 heteroatoms. The minimum atomic E-state index is -3.97. The molecule has 7 nitrogen and oxygen atoms in total. The molecule has 1 aromatic carbocycles. The molecule has 0 saturated heterocycles. The van der Waals surface area contributed by atoms with Crippen LogP contribution in [0.4, 0.5) is 10.1 Å². The van der Waals surface area contributed by atoms with Crippen LogP contribution in [0.15, 0.2) is 35.5 Å². The fraction of sp³-hybridized carbons (Fsp3) is 0. The summed E-state index contributed by atoms with van der Waals surface area (Å²) in [5, 5.41) is 5.82. The lowest BCUT2D eigenvalue weighted by molar-refractivity contribution is 0.100. The fourth-order valence-electron chi connectivity index (χ4n) is 1.35. The van der Waals surface area contributed by atoms with E-state index >= 15 is 0 Å². The highest BCUT2D eigenvalue weighted by atomic mass is 32.2. The summed E-state index contributed by atoms with van der Waals surface area (Å²) in [6.45, 7) is 0. The number of hydrogen-bond acceptors (Lipinski definition) is 4. The van der Waals surface area contributed by atoms with E-state index in [1.807, 2.05) is 4.72 Å². The Morgan fingerprint density at radius 2 is 2.16 bits per heavy atom. The highest BCUT2D eigenvalue weighted by Gasteiger charge is 2.18. The fourth-order valence-corrected chi connectivity index (χ4v) is 2.31. The zero-order chi connectivity index (χ0) is 14.0. The van der Waals surface area contributed by atoms with Crippen molar-refractivity contribution in [2.45, 2.75) is 4.90 Å². The van der Waals surface area contributed by atoms with E-state index in [-0.39, 0.29) is 16.1 Å². The number of nitrogens with zero attached hydrogens (tertiary/aromatic N) is 1. The van der Waals surface area contributed by atoms with Gasteiger partial charge >= 0.3 is 0 Å². The summed E-state index contributed by atoms with van der Waals surface area (Å²) in [7, 11) is -3.97. The van der Waals surface area contributed by atoms with Gasteiger partial charge in [-0.3, -0.25) is 14.6 Å².